The summed E-state index contributed by atoms with van der Waals surface area (Å²) in [6.45, 7) is 3.22. The molecule has 1 atom stereocenters. The predicted molar refractivity (Wildman–Crippen MR) is 145 cm³/mol. The number of anilines is 1. The van der Waals surface area contributed by atoms with E-state index in [1.807, 2.05) is 19.1 Å². The number of aryl methyl sites for hydroxylation is 1. The van der Waals surface area contributed by atoms with E-state index in [0.29, 0.717) is 27.7 Å². The molecule has 0 aromatic heterocycles. The molecule has 0 saturated heterocycles. The lowest BCUT2D eigenvalue weighted by Gasteiger charge is -2.32. The molecule has 1 saturated carbocycles. The van der Waals surface area contributed by atoms with Gasteiger partial charge in [-0.2, -0.15) is 0 Å². The van der Waals surface area contributed by atoms with Crippen molar-refractivity contribution in [2.45, 2.75) is 64.6 Å². The third-order valence-corrected chi connectivity index (χ3v) is 8.39. The molecule has 0 aliphatic heterocycles. The number of hydrogen-bond donors (Lipinski definition) is 1. The Kier molecular flexibility index (Phi) is 9.66. The molecule has 1 aliphatic rings. The van der Waals surface area contributed by atoms with Crippen molar-refractivity contribution < 1.29 is 18.0 Å². The van der Waals surface area contributed by atoms with Crippen molar-refractivity contribution in [2.75, 3.05) is 17.1 Å². The molecule has 2 aromatic rings. The Morgan fingerprint density at radius 3 is 2.36 bits per heavy atom. The molecule has 1 aliphatic carbocycles. The number of halogens is 2. The van der Waals surface area contributed by atoms with Gasteiger partial charge in [-0.25, -0.2) is 8.42 Å². The number of benzene rings is 2. The first-order chi connectivity index (χ1) is 17.0. The lowest BCUT2D eigenvalue weighted by atomic mass is 10.1. The first-order valence-corrected chi connectivity index (χ1v) is 14.7. The van der Waals surface area contributed by atoms with Crippen LogP contribution in [-0.2, 0) is 32.6 Å². The number of sulfonamides is 1. The Labute approximate surface area is 223 Å². The van der Waals surface area contributed by atoms with Gasteiger partial charge >= 0.3 is 0 Å². The van der Waals surface area contributed by atoms with Crippen LogP contribution < -0.4 is 9.62 Å². The van der Waals surface area contributed by atoms with Gasteiger partial charge < -0.3 is 10.2 Å². The SMILES string of the molecule is CCc1ccccc1N(CC(=O)N(Cc1ccc(Cl)c(Cl)c1)[C@@H](C)C(=O)NC1CCCC1)S(C)(=O)=O. The monoisotopic (exact) mass is 553 g/mol. The molecule has 0 unspecified atom stereocenters. The second-order valence-corrected chi connectivity index (χ2v) is 11.9. The molecule has 0 radical (unpaired) electrons. The minimum Gasteiger partial charge on any atom is -0.352 e. The number of hydrogen-bond acceptors (Lipinski definition) is 4. The summed E-state index contributed by atoms with van der Waals surface area (Å²) in [5, 5.41) is 3.75. The summed E-state index contributed by atoms with van der Waals surface area (Å²) in [5.74, 6) is -0.762. The maximum Gasteiger partial charge on any atom is 0.244 e. The number of carbonyl (C=O) groups excluding carboxylic acids is 2. The topological polar surface area (TPSA) is 86.8 Å². The second kappa shape index (κ2) is 12.3. The Hall–Kier alpha value is -2.29. The highest BCUT2D eigenvalue weighted by Crippen LogP contribution is 2.26. The smallest absolute Gasteiger partial charge is 0.244 e. The molecule has 2 aromatic carbocycles. The van der Waals surface area contributed by atoms with Gasteiger partial charge in [0.15, 0.2) is 0 Å². The van der Waals surface area contributed by atoms with Crippen LogP contribution >= 0.6 is 23.2 Å². The molecule has 1 fully saturated rings. The van der Waals surface area contributed by atoms with Crippen LogP contribution in [-0.4, -0.2) is 50.0 Å². The van der Waals surface area contributed by atoms with E-state index in [-0.39, 0.29) is 18.5 Å². The molecule has 10 heteroatoms. The highest BCUT2D eigenvalue weighted by Gasteiger charge is 2.32. The Morgan fingerprint density at radius 1 is 1.08 bits per heavy atom. The van der Waals surface area contributed by atoms with Gasteiger partial charge in [0.05, 0.1) is 22.0 Å². The van der Waals surface area contributed by atoms with Crippen molar-refractivity contribution in [3.63, 3.8) is 0 Å². The van der Waals surface area contributed by atoms with Gasteiger partial charge in [-0.05, 0) is 55.5 Å². The van der Waals surface area contributed by atoms with Crippen molar-refractivity contribution in [3.05, 3.63) is 63.6 Å². The molecule has 3 rings (SSSR count). The minimum absolute atomic E-state index is 0.0714. The molecular formula is C26H33Cl2N3O4S. The molecular weight excluding hydrogens is 521 g/mol. The van der Waals surface area contributed by atoms with Gasteiger partial charge in [0.25, 0.3) is 0 Å². The summed E-state index contributed by atoms with van der Waals surface area (Å²) in [6, 6.07) is 11.4. The number of nitrogens with zero attached hydrogens (tertiary/aromatic N) is 2. The fourth-order valence-corrected chi connectivity index (χ4v) is 5.66. The third-order valence-electron chi connectivity index (χ3n) is 6.53. The standard InChI is InChI=1S/C26H33Cl2N3O4S/c1-4-20-9-5-8-12-24(20)31(36(3,34)35)17-25(32)30(16-19-13-14-22(27)23(28)15-19)18(2)26(33)29-21-10-6-7-11-21/h5,8-9,12-15,18,21H,4,6-7,10-11,16-17H2,1-3H3,(H,29,33)/t18-/m0/s1. The normalized spacial score (nSPS) is 14.9. The van der Waals surface area contributed by atoms with Crippen LogP contribution in [0.2, 0.25) is 10.0 Å². The zero-order chi connectivity index (χ0) is 26.5. The van der Waals surface area contributed by atoms with Crippen LogP contribution in [0.3, 0.4) is 0 Å². The fourth-order valence-electron chi connectivity index (χ4n) is 4.46. The first-order valence-electron chi connectivity index (χ1n) is 12.1. The summed E-state index contributed by atoms with van der Waals surface area (Å²) >= 11 is 12.2. The zero-order valence-electron chi connectivity index (χ0n) is 20.8. The van der Waals surface area contributed by atoms with Gasteiger partial charge in [0.1, 0.15) is 12.6 Å². The van der Waals surface area contributed by atoms with E-state index in [9.17, 15) is 18.0 Å². The van der Waals surface area contributed by atoms with E-state index in [4.69, 9.17) is 23.2 Å². The second-order valence-electron chi connectivity index (χ2n) is 9.19. The largest absolute Gasteiger partial charge is 0.352 e. The van der Waals surface area contributed by atoms with Crippen LogP contribution in [0.1, 0.15) is 50.7 Å². The van der Waals surface area contributed by atoms with Crippen LogP contribution in [0.5, 0.6) is 0 Å². The maximum atomic E-state index is 13.7. The van der Waals surface area contributed by atoms with E-state index >= 15 is 0 Å². The lowest BCUT2D eigenvalue weighted by molar-refractivity contribution is -0.139. The van der Waals surface area contributed by atoms with Gasteiger partial charge in [-0.15, -0.1) is 0 Å². The average molecular weight is 555 g/mol. The summed E-state index contributed by atoms with van der Waals surface area (Å²) < 4.78 is 26.7. The molecule has 36 heavy (non-hydrogen) atoms. The first kappa shape index (κ1) is 28.3. The maximum absolute atomic E-state index is 13.7. The van der Waals surface area contributed by atoms with Crippen LogP contribution in [0, 0.1) is 0 Å². The van der Waals surface area contributed by atoms with Crippen molar-refractivity contribution in [3.8, 4) is 0 Å². The number of amides is 2. The van der Waals surface area contributed by atoms with Crippen molar-refractivity contribution in [1.82, 2.24) is 10.2 Å². The van der Waals surface area contributed by atoms with Crippen LogP contribution in [0.4, 0.5) is 5.69 Å². The molecule has 196 valence electrons. The Balaban J connectivity index is 1.92. The van der Waals surface area contributed by atoms with E-state index in [1.165, 1.54) is 4.90 Å². The van der Waals surface area contributed by atoms with Crippen molar-refractivity contribution in [1.29, 1.82) is 0 Å². The van der Waals surface area contributed by atoms with E-state index in [2.05, 4.69) is 5.32 Å². The molecule has 7 nitrogen and oxygen atoms in total. The van der Waals surface area contributed by atoms with E-state index in [0.717, 1.165) is 41.8 Å². The van der Waals surface area contributed by atoms with Gasteiger partial charge in [-0.1, -0.05) is 67.2 Å². The van der Waals surface area contributed by atoms with Gasteiger partial charge in [0, 0.05) is 12.6 Å². The molecule has 0 bridgehead atoms. The number of para-hydroxylation sites is 1. The summed E-state index contributed by atoms with van der Waals surface area (Å²) in [5.41, 5.74) is 1.94. The van der Waals surface area contributed by atoms with Crippen LogP contribution in [0.25, 0.3) is 0 Å². The van der Waals surface area contributed by atoms with Crippen molar-refractivity contribution in [2.24, 2.45) is 0 Å². The van der Waals surface area contributed by atoms with Gasteiger partial charge in [-0.3, -0.25) is 13.9 Å². The third kappa shape index (κ3) is 7.14. The summed E-state index contributed by atoms with van der Waals surface area (Å²) in [6.07, 6.45) is 5.62. The lowest BCUT2D eigenvalue weighted by Crippen LogP contribution is -2.52. The number of nitrogens with one attached hydrogen (secondary N) is 1. The highest BCUT2D eigenvalue weighted by molar-refractivity contribution is 7.92. The number of rotatable bonds is 10. The summed E-state index contributed by atoms with van der Waals surface area (Å²) in [7, 11) is -3.78. The number of carbonyl (C=O) groups is 2. The summed E-state index contributed by atoms with van der Waals surface area (Å²) in [4.78, 5) is 28.2. The molecule has 0 spiro atoms. The zero-order valence-corrected chi connectivity index (χ0v) is 23.2. The van der Waals surface area contributed by atoms with Crippen LogP contribution in [0.15, 0.2) is 42.5 Å². The van der Waals surface area contributed by atoms with Crippen molar-refractivity contribution >= 4 is 50.7 Å². The fraction of sp³-hybridized carbons (Fsp3) is 0.462. The predicted octanol–water partition coefficient (Wildman–Crippen LogP) is 4.80. The molecule has 1 N–H and O–H groups in total. The highest BCUT2D eigenvalue weighted by atomic mass is 35.5. The Morgan fingerprint density at radius 2 is 1.75 bits per heavy atom. The molecule has 0 heterocycles. The average Bonchev–Trinajstić information content (AvgIpc) is 3.35. The van der Waals surface area contributed by atoms with Gasteiger partial charge in [0.2, 0.25) is 21.8 Å². The molecule has 2 amide bonds. The Bertz CT molecular complexity index is 1200. The van der Waals surface area contributed by atoms with E-state index < -0.39 is 28.5 Å². The minimum atomic E-state index is -3.78. The van der Waals surface area contributed by atoms with E-state index in [1.54, 1.807) is 37.3 Å². The quantitative estimate of drug-likeness (QED) is 0.457.